The van der Waals surface area contributed by atoms with Crippen LogP contribution in [0.5, 0.6) is 0 Å². The van der Waals surface area contributed by atoms with Crippen molar-refractivity contribution in [2.75, 3.05) is 6.61 Å². The molecule has 0 radical (unpaired) electrons. The minimum atomic E-state index is -0.288. The maximum absolute atomic E-state index is 11.7. The topological polar surface area (TPSA) is 90.1 Å². The third kappa shape index (κ3) is 3.43. The minimum absolute atomic E-state index is 0.00229. The standard InChI is InChI=1S/C14H16N4O3/c19-14(11-4-6-21-18-11)17-9-10-7-15-13(16-8-10)12-3-1-2-5-20-12/h4,6-8,12H,1-3,5,9H2,(H,17,19)/t12-/m0/s1. The Bertz CT molecular complexity index is 577. The van der Waals surface area contributed by atoms with Gasteiger partial charge in [0.1, 0.15) is 12.4 Å². The number of carbonyl (C=O) groups is 1. The molecule has 1 fully saturated rings. The Balaban J connectivity index is 1.55. The molecule has 7 heteroatoms. The van der Waals surface area contributed by atoms with Crippen molar-refractivity contribution >= 4 is 5.91 Å². The van der Waals surface area contributed by atoms with Crippen molar-refractivity contribution in [2.24, 2.45) is 0 Å². The summed E-state index contributed by atoms with van der Waals surface area (Å²) in [6.45, 7) is 1.11. The summed E-state index contributed by atoms with van der Waals surface area (Å²) >= 11 is 0. The first kappa shape index (κ1) is 13.7. The average Bonchev–Trinajstić information content (AvgIpc) is 3.08. The van der Waals surface area contributed by atoms with E-state index >= 15 is 0 Å². The normalized spacial score (nSPS) is 18.4. The van der Waals surface area contributed by atoms with Gasteiger partial charge < -0.3 is 14.6 Å². The lowest BCUT2D eigenvalue weighted by molar-refractivity contribution is 0.00940. The number of hydrogen-bond acceptors (Lipinski definition) is 6. The van der Waals surface area contributed by atoms with Gasteiger partial charge in [0.2, 0.25) is 0 Å². The number of hydrogen-bond donors (Lipinski definition) is 1. The first-order chi connectivity index (χ1) is 10.3. The minimum Gasteiger partial charge on any atom is -0.370 e. The van der Waals surface area contributed by atoms with Gasteiger partial charge in [-0.1, -0.05) is 5.16 Å². The molecule has 7 nitrogen and oxygen atoms in total. The lowest BCUT2D eigenvalue weighted by Gasteiger charge is -2.21. The third-order valence-corrected chi connectivity index (χ3v) is 3.32. The van der Waals surface area contributed by atoms with Gasteiger partial charge in [-0.25, -0.2) is 9.97 Å². The monoisotopic (exact) mass is 288 g/mol. The zero-order valence-corrected chi connectivity index (χ0v) is 11.5. The van der Waals surface area contributed by atoms with E-state index in [0.29, 0.717) is 12.4 Å². The van der Waals surface area contributed by atoms with Crippen molar-refractivity contribution in [3.8, 4) is 0 Å². The summed E-state index contributed by atoms with van der Waals surface area (Å²) in [5, 5.41) is 6.30. The highest BCUT2D eigenvalue weighted by Crippen LogP contribution is 2.24. The van der Waals surface area contributed by atoms with E-state index in [1.165, 1.54) is 12.3 Å². The molecular formula is C14H16N4O3. The van der Waals surface area contributed by atoms with E-state index in [9.17, 15) is 4.79 Å². The number of ether oxygens (including phenoxy) is 1. The molecule has 21 heavy (non-hydrogen) atoms. The molecule has 110 valence electrons. The highest BCUT2D eigenvalue weighted by atomic mass is 16.5. The smallest absolute Gasteiger partial charge is 0.273 e. The fourth-order valence-corrected chi connectivity index (χ4v) is 2.17. The predicted molar refractivity (Wildman–Crippen MR) is 72.2 cm³/mol. The molecule has 0 bridgehead atoms. The molecule has 0 spiro atoms. The third-order valence-electron chi connectivity index (χ3n) is 3.32. The first-order valence-corrected chi connectivity index (χ1v) is 6.94. The summed E-state index contributed by atoms with van der Waals surface area (Å²) in [4.78, 5) is 20.3. The lowest BCUT2D eigenvalue weighted by Crippen LogP contribution is -2.23. The van der Waals surface area contributed by atoms with Crippen LogP contribution in [0.4, 0.5) is 0 Å². The van der Waals surface area contributed by atoms with E-state index in [2.05, 4.69) is 25.0 Å². The Kier molecular flexibility index (Phi) is 4.20. The second-order valence-corrected chi connectivity index (χ2v) is 4.87. The van der Waals surface area contributed by atoms with Crippen LogP contribution in [-0.4, -0.2) is 27.6 Å². The molecule has 0 aliphatic carbocycles. The number of nitrogens with zero attached hydrogens (tertiary/aromatic N) is 3. The quantitative estimate of drug-likeness (QED) is 0.919. The van der Waals surface area contributed by atoms with Gasteiger partial charge in [0, 0.05) is 37.2 Å². The van der Waals surface area contributed by atoms with Gasteiger partial charge in [-0.05, 0) is 19.3 Å². The number of nitrogens with one attached hydrogen (secondary N) is 1. The lowest BCUT2D eigenvalue weighted by atomic mass is 10.1. The molecule has 0 saturated carbocycles. The Hall–Kier alpha value is -2.28. The Morgan fingerprint density at radius 1 is 1.33 bits per heavy atom. The number of carbonyl (C=O) groups excluding carboxylic acids is 1. The van der Waals surface area contributed by atoms with E-state index in [1.807, 2.05) is 0 Å². The summed E-state index contributed by atoms with van der Waals surface area (Å²) in [5.41, 5.74) is 1.08. The molecule has 1 N–H and O–H groups in total. The van der Waals surface area contributed by atoms with Gasteiger partial charge >= 0.3 is 0 Å². The van der Waals surface area contributed by atoms with E-state index in [1.54, 1.807) is 12.4 Å². The van der Waals surface area contributed by atoms with Crippen molar-refractivity contribution in [1.29, 1.82) is 0 Å². The van der Waals surface area contributed by atoms with Crippen LogP contribution < -0.4 is 5.32 Å². The Labute approximate surface area is 121 Å². The van der Waals surface area contributed by atoms with Gasteiger partial charge in [-0.3, -0.25) is 4.79 Å². The van der Waals surface area contributed by atoms with Gasteiger partial charge in [-0.2, -0.15) is 0 Å². The number of rotatable bonds is 4. The molecule has 2 aromatic heterocycles. The van der Waals surface area contributed by atoms with Crippen molar-refractivity contribution in [1.82, 2.24) is 20.4 Å². The average molecular weight is 288 g/mol. The molecular weight excluding hydrogens is 272 g/mol. The van der Waals surface area contributed by atoms with E-state index in [-0.39, 0.29) is 17.7 Å². The van der Waals surface area contributed by atoms with Crippen LogP contribution in [0.2, 0.25) is 0 Å². The van der Waals surface area contributed by atoms with E-state index in [0.717, 1.165) is 31.4 Å². The second-order valence-electron chi connectivity index (χ2n) is 4.87. The molecule has 0 unspecified atom stereocenters. The number of amides is 1. The van der Waals surface area contributed by atoms with E-state index in [4.69, 9.17) is 4.74 Å². The highest BCUT2D eigenvalue weighted by molar-refractivity contribution is 5.91. The molecule has 3 rings (SSSR count). The molecule has 1 saturated heterocycles. The largest absolute Gasteiger partial charge is 0.370 e. The van der Waals surface area contributed by atoms with Crippen molar-refractivity contribution < 1.29 is 14.1 Å². The zero-order valence-electron chi connectivity index (χ0n) is 11.5. The van der Waals surface area contributed by atoms with Crippen LogP contribution in [0.3, 0.4) is 0 Å². The SMILES string of the molecule is O=C(NCc1cnc([C@@H]2CCCCO2)nc1)c1ccon1. The van der Waals surface area contributed by atoms with Crippen LogP contribution in [0, 0.1) is 0 Å². The fraction of sp³-hybridized carbons (Fsp3) is 0.429. The molecule has 1 aliphatic rings. The van der Waals surface area contributed by atoms with Crippen LogP contribution in [0.15, 0.2) is 29.2 Å². The van der Waals surface area contributed by atoms with Gasteiger partial charge in [0.05, 0.1) is 0 Å². The van der Waals surface area contributed by atoms with Crippen molar-refractivity contribution in [2.45, 2.75) is 31.9 Å². The maximum atomic E-state index is 11.7. The summed E-state index contributed by atoms with van der Waals surface area (Å²) in [7, 11) is 0. The van der Waals surface area contributed by atoms with Crippen LogP contribution >= 0.6 is 0 Å². The molecule has 0 aromatic carbocycles. The van der Waals surface area contributed by atoms with Gasteiger partial charge in [-0.15, -0.1) is 0 Å². The Morgan fingerprint density at radius 2 is 2.19 bits per heavy atom. The molecule has 1 aliphatic heterocycles. The second kappa shape index (κ2) is 6.45. The van der Waals surface area contributed by atoms with Crippen molar-refractivity contribution in [3.63, 3.8) is 0 Å². The maximum Gasteiger partial charge on any atom is 0.273 e. The van der Waals surface area contributed by atoms with Gasteiger partial charge in [0.25, 0.3) is 5.91 Å². The highest BCUT2D eigenvalue weighted by Gasteiger charge is 2.18. The van der Waals surface area contributed by atoms with Crippen LogP contribution in [0.1, 0.15) is 47.2 Å². The first-order valence-electron chi connectivity index (χ1n) is 6.94. The fourth-order valence-electron chi connectivity index (χ4n) is 2.17. The zero-order chi connectivity index (χ0) is 14.5. The molecule has 1 amide bonds. The van der Waals surface area contributed by atoms with Gasteiger partial charge in [0.15, 0.2) is 11.5 Å². The molecule has 3 heterocycles. The number of aromatic nitrogens is 3. The van der Waals surface area contributed by atoms with Crippen LogP contribution in [0.25, 0.3) is 0 Å². The predicted octanol–water partition coefficient (Wildman–Crippen LogP) is 1.64. The molecule has 2 aromatic rings. The Morgan fingerprint density at radius 3 is 2.86 bits per heavy atom. The summed E-state index contributed by atoms with van der Waals surface area (Å²) in [6, 6.07) is 1.51. The van der Waals surface area contributed by atoms with Crippen LogP contribution in [-0.2, 0) is 11.3 Å². The summed E-state index contributed by atoms with van der Waals surface area (Å²) < 4.78 is 10.3. The van der Waals surface area contributed by atoms with E-state index < -0.39 is 0 Å². The summed E-state index contributed by atoms with van der Waals surface area (Å²) in [6.07, 6.45) is 7.98. The summed E-state index contributed by atoms with van der Waals surface area (Å²) in [5.74, 6) is 0.421. The van der Waals surface area contributed by atoms with Crippen molar-refractivity contribution in [3.05, 3.63) is 41.8 Å². The molecule has 1 atom stereocenters.